The summed E-state index contributed by atoms with van der Waals surface area (Å²) in [6.45, 7) is -0.270. The van der Waals surface area contributed by atoms with E-state index in [2.05, 4.69) is 4.18 Å². The van der Waals surface area contributed by atoms with E-state index < -0.39 is 6.10 Å². The fourth-order valence-electron chi connectivity index (χ4n) is 0.217. The number of aliphatic hydroxyl groups is 3. The number of hydrogen-bond donors (Lipinski definition) is 3. The molecule has 5 heteroatoms. The molecule has 9 heavy (non-hydrogen) atoms. The first kappa shape index (κ1) is 9.19. The average Bonchev–Trinajstić information content (AvgIpc) is 1.89. The minimum Gasteiger partial charge on any atom is -0.394 e. The monoisotopic (exact) mass is 154 g/mol. The van der Waals surface area contributed by atoms with Gasteiger partial charge in [0.2, 0.25) is 0 Å². The molecule has 0 aromatic heterocycles. The highest BCUT2D eigenvalue weighted by Crippen LogP contribution is 1.99. The molecular formula is C4H10O4S. The van der Waals surface area contributed by atoms with Crippen molar-refractivity contribution in [1.82, 2.24) is 0 Å². The van der Waals surface area contributed by atoms with Crippen LogP contribution >= 0.6 is 12.0 Å². The van der Waals surface area contributed by atoms with Gasteiger partial charge in [0.05, 0.1) is 13.2 Å². The summed E-state index contributed by atoms with van der Waals surface area (Å²) in [4.78, 5) is 0. The molecule has 0 aromatic carbocycles. The maximum absolute atomic E-state index is 8.61. The smallest absolute Gasteiger partial charge is 0.115 e. The van der Waals surface area contributed by atoms with Gasteiger partial charge in [0.1, 0.15) is 12.0 Å². The van der Waals surface area contributed by atoms with E-state index in [1.807, 2.05) is 0 Å². The molecule has 0 aliphatic carbocycles. The van der Waals surface area contributed by atoms with Crippen LogP contribution in [0.5, 0.6) is 0 Å². The predicted molar refractivity (Wildman–Crippen MR) is 33.7 cm³/mol. The van der Waals surface area contributed by atoms with Crippen LogP contribution in [-0.4, -0.2) is 40.6 Å². The van der Waals surface area contributed by atoms with Crippen LogP contribution in [0.1, 0.15) is 0 Å². The van der Waals surface area contributed by atoms with Gasteiger partial charge in [0.25, 0.3) is 0 Å². The minimum atomic E-state index is -0.843. The van der Waals surface area contributed by atoms with Crippen molar-refractivity contribution in [3.8, 4) is 0 Å². The van der Waals surface area contributed by atoms with Gasteiger partial charge in [0, 0.05) is 12.0 Å². The Morgan fingerprint density at radius 2 is 2.11 bits per heavy atom. The number of rotatable bonds is 5. The van der Waals surface area contributed by atoms with Gasteiger partial charge in [-0.25, -0.2) is 0 Å². The molecular weight excluding hydrogens is 144 g/mol. The molecule has 0 bridgehead atoms. The summed E-state index contributed by atoms with van der Waals surface area (Å²) in [5.74, 6) is -0.141. The quantitative estimate of drug-likeness (QED) is 0.268. The molecule has 4 nitrogen and oxygen atoms in total. The molecule has 0 saturated heterocycles. The number of hydrogen-bond acceptors (Lipinski definition) is 5. The summed E-state index contributed by atoms with van der Waals surface area (Å²) in [6, 6.07) is 0. The molecule has 0 spiro atoms. The van der Waals surface area contributed by atoms with Crippen molar-refractivity contribution in [2.24, 2.45) is 0 Å². The lowest BCUT2D eigenvalue weighted by Crippen LogP contribution is -2.17. The second-order valence-electron chi connectivity index (χ2n) is 1.37. The highest BCUT2D eigenvalue weighted by Gasteiger charge is 2.00. The van der Waals surface area contributed by atoms with Gasteiger partial charge in [-0.15, -0.1) is 0 Å². The molecule has 1 unspecified atom stereocenters. The largest absolute Gasteiger partial charge is 0.394 e. The second kappa shape index (κ2) is 6.31. The highest BCUT2D eigenvalue weighted by molar-refractivity contribution is 7.94. The first-order chi connectivity index (χ1) is 4.31. The van der Waals surface area contributed by atoms with E-state index in [4.69, 9.17) is 15.3 Å². The molecule has 3 N–H and O–H groups in total. The van der Waals surface area contributed by atoms with E-state index >= 15 is 0 Å². The first-order valence-electron chi connectivity index (χ1n) is 2.45. The van der Waals surface area contributed by atoms with E-state index in [-0.39, 0.29) is 19.2 Å². The lowest BCUT2D eigenvalue weighted by atomic mass is 10.4. The Hall–Kier alpha value is 0.190. The van der Waals surface area contributed by atoms with Gasteiger partial charge in [-0.1, -0.05) is 0 Å². The summed E-state index contributed by atoms with van der Waals surface area (Å²) in [6.07, 6.45) is -0.843. The fraction of sp³-hybridized carbons (Fsp3) is 1.00. The normalized spacial score (nSPS) is 13.7. The van der Waals surface area contributed by atoms with E-state index in [1.54, 1.807) is 0 Å². The number of aliphatic hydroxyl groups excluding tert-OH is 3. The minimum absolute atomic E-state index is 0.0434. The van der Waals surface area contributed by atoms with Gasteiger partial charge in [-0.2, -0.15) is 0 Å². The van der Waals surface area contributed by atoms with Crippen LogP contribution in [0.15, 0.2) is 0 Å². The Morgan fingerprint density at radius 3 is 2.56 bits per heavy atom. The molecule has 0 saturated carbocycles. The predicted octanol–water partition coefficient (Wildman–Crippen LogP) is -1.05. The van der Waals surface area contributed by atoms with Crippen molar-refractivity contribution < 1.29 is 19.5 Å². The van der Waals surface area contributed by atoms with Crippen LogP contribution in [0.4, 0.5) is 0 Å². The lowest BCUT2D eigenvalue weighted by Gasteiger charge is -2.04. The Morgan fingerprint density at radius 1 is 1.44 bits per heavy atom. The summed E-state index contributed by atoms with van der Waals surface area (Å²) in [5.41, 5.74) is 0. The second-order valence-corrected chi connectivity index (χ2v) is 2.10. The molecule has 0 aliphatic rings. The van der Waals surface area contributed by atoms with Gasteiger partial charge < -0.3 is 19.5 Å². The fourth-order valence-corrected chi connectivity index (χ4v) is 0.544. The maximum Gasteiger partial charge on any atom is 0.115 e. The average molecular weight is 154 g/mol. The van der Waals surface area contributed by atoms with Gasteiger partial charge in [-0.05, 0) is 0 Å². The van der Waals surface area contributed by atoms with Gasteiger partial charge in [0.15, 0.2) is 0 Å². The molecule has 0 fully saturated rings. The third-order valence-electron chi connectivity index (χ3n) is 0.607. The Balaban J connectivity index is 2.88. The summed E-state index contributed by atoms with van der Waals surface area (Å²) in [5, 5.41) is 25.0. The van der Waals surface area contributed by atoms with Crippen molar-refractivity contribution in [3.63, 3.8) is 0 Å². The molecule has 1 atom stereocenters. The van der Waals surface area contributed by atoms with Gasteiger partial charge in [-0.3, -0.25) is 0 Å². The standard InChI is InChI=1S/C4H10O4S/c5-1-4(7)2-8-9-3-6/h4-7H,1-3H2. The topological polar surface area (TPSA) is 69.9 Å². The van der Waals surface area contributed by atoms with E-state index in [0.29, 0.717) is 0 Å². The van der Waals surface area contributed by atoms with E-state index in [1.165, 1.54) is 0 Å². The van der Waals surface area contributed by atoms with Crippen LogP contribution in [-0.2, 0) is 4.18 Å². The summed E-state index contributed by atoms with van der Waals surface area (Å²) in [7, 11) is 0. The van der Waals surface area contributed by atoms with Crippen LogP contribution in [0, 0.1) is 0 Å². The Bertz CT molecular complexity index is 60.5. The van der Waals surface area contributed by atoms with E-state index in [0.717, 1.165) is 12.0 Å². The zero-order chi connectivity index (χ0) is 7.11. The molecule has 0 heterocycles. The molecule has 0 aromatic rings. The van der Waals surface area contributed by atoms with Gasteiger partial charge >= 0.3 is 0 Å². The first-order valence-corrected chi connectivity index (χ1v) is 3.36. The van der Waals surface area contributed by atoms with Crippen molar-refractivity contribution in [3.05, 3.63) is 0 Å². The highest BCUT2D eigenvalue weighted by atomic mass is 32.2. The maximum atomic E-state index is 8.61. The lowest BCUT2D eigenvalue weighted by molar-refractivity contribution is 0.0597. The van der Waals surface area contributed by atoms with Crippen LogP contribution < -0.4 is 0 Å². The van der Waals surface area contributed by atoms with Crippen LogP contribution in [0.3, 0.4) is 0 Å². The molecule has 0 aliphatic heterocycles. The third-order valence-corrected chi connectivity index (χ3v) is 1.02. The zero-order valence-corrected chi connectivity index (χ0v) is 5.67. The van der Waals surface area contributed by atoms with Crippen LogP contribution in [0.25, 0.3) is 0 Å². The molecule has 0 amide bonds. The van der Waals surface area contributed by atoms with Crippen molar-refractivity contribution in [2.45, 2.75) is 6.10 Å². The Kier molecular flexibility index (Phi) is 6.45. The third kappa shape index (κ3) is 6.07. The summed E-state index contributed by atoms with van der Waals surface area (Å²) < 4.78 is 4.59. The zero-order valence-electron chi connectivity index (χ0n) is 4.86. The molecule has 0 radical (unpaired) electrons. The summed E-state index contributed by atoms with van der Waals surface area (Å²) >= 11 is 0.836. The van der Waals surface area contributed by atoms with Crippen molar-refractivity contribution in [2.75, 3.05) is 19.2 Å². The molecule has 0 rings (SSSR count). The Labute approximate surface area is 57.7 Å². The van der Waals surface area contributed by atoms with Crippen molar-refractivity contribution >= 4 is 12.0 Å². The SMILES string of the molecule is OCSOCC(O)CO. The van der Waals surface area contributed by atoms with E-state index in [9.17, 15) is 0 Å². The molecule has 56 valence electrons. The van der Waals surface area contributed by atoms with Crippen LogP contribution in [0.2, 0.25) is 0 Å². The van der Waals surface area contributed by atoms with Crippen molar-refractivity contribution in [1.29, 1.82) is 0 Å².